The number of carbonyl (C=O) groups excluding carboxylic acids is 2. The Morgan fingerprint density at radius 1 is 1.39 bits per heavy atom. The van der Waals surface area contributed by atoms with Gasteiger partial charge in [0.05, 0.1) is 18.7 Å². The van der Waals surface area contributed by atoms with Crippen LogP contribution in [0.25, 0.3) is 5.65 Å². The smallest absolute Gasteiger partial charge is 0.255 e. The van der Waals surface area contributed by atoms with Gasteiger partial charge in [-0.1, -0.05) is 12.6 Å². The molecule has 3 aromatic heterocycles. The van der Waals surface area contributed by atoms with E-state index < -0.39 is 5.91 Å². The molecule has 0 saturated carbocycles. The Morgan fingerprint density at radius 3 is 2.88 bits per heavy atom. The van der Waals surface area contributed by atoms with E-state index in [1.807, 2.05) is 28.8 Å². The van der Waals surface area contributed by atoms with E-state index in [0.717, 1.165) is 5.65 Å². The van der Waals surface area contributed by atoms with Gasteiger partial charge >= 0.3 is 0 Å². The number of methoxy groups -OCH3 is 1. The molecule has 1 fully saturated rings. The number of imidazole rings is 1. The summed E-state index contributed by atoms with van der Waals surface area (Å²) in [4.78, 5) is 30.8. The number of nitrogens with two attached hydrogens (primary N) is 1. The molecule has 0 aliphatic carbocycles. The minimum Gasteiger partial charge on any atom is -0.383 e. The van der Waals surface area contributed by atoms with Crippen LogP contribution in [0, 0.1) is 11.8 Å². The second-order valence-corrected chi connectivity index (χ2v) is 7.67. The number of amides is 2. The van der Waals surface area contributed by atoms with E-state index in [9.17, 15) is 9.59 Å². The van der Waals surface area contributed by atoms with E-state index in [-0.39, 0.29) is 29.2 Å². The summed E-state index contributed by atoms with van der Waals surface area (Å²) in [7, 11) is 3.28. The number of pyridine rings is 1. The Morgan fingerprint density at radius 2 is 2.21 bits per heavy atom. The third-order valence-corrected chi connectivity index (χ3v) is 5.62. The number of likely N-dealkylation sites (tertiary alicyclic amines) is 1. The van der Waals surface area contributed by atoms with Crippen LogP contribution in [0.3, 0.4) is 0 Å². The van der Waals surface area contributed by atoms with Crippen molar-refractivity contribution >= 4 is 23.3 Å². The van der Waals surface area contributed by atoms with Gasteiger partial charge in [0.1, 0.15) is 22.7 Å². The predicted molar refractivity (Wildman–Crippen MR) is 123 cm³/mol. The summed E-state index contributed by atoms with van der Waals surface area (Å²) < 4.78 is 8.84. The van der Waals surface area contributed by atoms with Crippen molar-refractivity contribution in [2.24, 2.45) is 5.73 Å². The number of ether oxygens (including phenoxy) is 1. The van der Waals surface area contributed by atoms with Crippen LogP contribution < -0.4 is 11.1 Å². The first kappa shape index (κ1) is 22.1. The molecule has 2 atom stereocenters. The first-order valence-corrected chi connectivity index (χ1v) is 10.4. The quantitative estimate of drug-likeness (QED) is 0.431. The van der Waals surface area contributed by atoms with Crippen LogP contribution in [-0.2, 0) is 9.53 Å². The molecule has 33 heavy (non-hydrogen) atoms. The second-order valence-electron chi connectivity index (χ2n) is 7.67. The summed E-state index contributed by atoms with van der Waals surface area (Å²) in [6.07, 6.45) is 5.56. The molecular weight excluding hydrogens is 422 g/mol. The Hall–Kier alpha value is -4.10. The fourth-order valence-electron chi connectivity index (χ4n) is 4.18. The molecular formula is C23H25N7O3. The molecule has 4 heterocycles. The number of anilines is 1. The normalized spacial score (nSPS) is 17.6. The van der Waals surface area contributed by atoms with E-state index in [2.05, 4.69) is 33.8 Å². The molecule has 2 amide bonds. The predicted octanol–water partition coefficient (Wildman–Crippen LogP) is 1.05. The molecule has 4 rings (SSSR count). The van der Waals surface area contributed by atoms with Crippen molar-refractivity contribution in [3.05, 3.63) is 60.2 Å². The zero-order chi connectivity index (χ0) is 23.5. The highest BCUT2D eigenvalue weighted by atomic mass is 16.5. The molecule has 0 aromatic carbocycles. The minimum absolute atomic E-state index is 0.135. The standard InChI is InChI=1S/C23H25N7O3/c1-4-20(31)29-13-16(11-17(29)14-33-3)30-23(25-2)21(22(24)32)18(27-30)9-8-15-12-28-10-6-5-7-19(28)26-15/h4-7,10,12,16-17,25H,1,11,13-14H2,2-3H3,(H2,24,32)/t16-,17+/m0/s1. The molecule has 1 aliphatic heterocycles. The van der Waals surface area contributed by atoms with Gasteiger partial charge in [0.25, 0.3) is 5.91 Å². The van der Waals surface area contributed by atoms with Gasteiger partial charge in [-0.3, -0.25) is 9.59 Å². The van der Waals surface area contributed by atoms with Crippen molar-refractivity contribution in [3.8, 4) is 11.8 Å². The highest BCUT2D eigenvalue weighted by molar-refractivity contribution is 6.00. The molecule has 3 N–H and O–H groups in total. The maximum Gasteiger partial charge on any atom is 0.255 e. The summed E-state index contributed by atoms with van der Waals surface area (Å²) in [6, 6.07) is 5.34. The van der Waals surface area contributed by atoms with Gasteiger partial charge in [0.2, 0.25) is 5.91 Å². The van der Waals surface area contributed by atoms with Gasteiger partial charge in [0, 0.05) is 33.1 Å². The average Bonchev–Trinajstić information content (AvgIpc) is 3.51. The van der Waals surface area contributed by atoms with E-state index in [0.29, 0.717) is 31.1 Å². The van der Waals surface area contributed by atoms with Crippen LogP contribution in [-0.4, -0.2) is 69.2 Å². The number of fused-ring (bicyclic) bond motifs is 1. The fraction of sp³-hybridized carbons (Fsp3) is 0.304. The van der Waals surface area contributed by atoms with Gasteiger partial charge in [-0.15, -0.1) is 0 Å². The Bertz CT molecular complexity index is 1250. The number of aromatic nitrogens is 4. The number of nitrogens with one attached hydrogen (secondary N) is 1. The maximum atomic E-state index is 12.3. The SMILES string of the molecule is C=CC(=O)N1C[C@@H](n2nc(C#Cc3cn4ccccc4n3)c(C(N)=O)c2NC)C[C@@H]1COC. The van der Waals surface area contributed by atoms with E-state index in [4.69, 9.17) is 10.5 Å². The molecule has 1 saturated heterocycles. The molecule has 10 heteroatoms. The number of rotatable bonds is 6. The van der Waals surface area contributed by atoms with Gasteiger partial charge in [-0.05, 0) is 36.5 Å². The number of hydrogen-bond acceptors (Lipinski definition) is 6. The third-order valence-electron chi connectivity index (χ3n) is 5.62. The summed E-state index contributed by atoms with van der Waals surface area (Å²) in [5, 5.41) is 7.63. The van der Waals surface area contributed by atoms with Crippen molar-refractivity contribution in [2.45, 2.75) is 18.5 Å². The van der Waals surface area contributed by atoms with Crippen molar-refractivity contribution in [1.82, 2.24) is 24.1 Å². The number of primary amides is 1. The summed E-state index contributed by atoms with van der Waals surface area (Å²) in [6.45, 7) is 4.37. The van der Waals surface area contributed by atoms with Crippen LogP contribution in [0.5, 0.6) is 0 Å². The molecule has 0 spiro atoms. The highest BCUT2D eigenvalue weighted by Crippen LogP contribution is 2.32. The van der Waals surface area contributed by atoms with Crippen LogP contribution in [0.15, 0.2) is 43.2 Å². The summed E-state index contributed by atoms with van der Waals surface area (Å²) in [5.74, 6) is 5.56. The lowest BCUT2D eigenvalue weighted by atomic mass is 10.1. The van der Waals surface area contributed by atoms with Gasteiger partial charge in [-0.2, -0.15) is 5.10 Å². The zero-order valence-electron chi connectivity index (χ0n) is 18.5. The Labute approximate surface area is 191 Å². The average molecular weight is 447 g/mol. The van der Waals surface area contributed by atoms with Crippen molar-refractivity contribution in [1.29, 1.82) is 0 Å². The van der Waals surface area contributed by atoms with Crippen LogP contribution >= 0.6 is 0 Å². The molecule has 3 aromatic rings. The topological polar surface area (TPSA) is 120 Å². The number of carbonyl (C=O) groups is 2. The first-order valence-electron chi connectivity index (χ1n) is 10.4. The van der Waals surface area contributed by atoms with Crippen LogP contribution in [0.2, 0.25) is 0 Å². The first-order chi connectivity index (χ1) is 16.0. The lowest BCUT2D eigenvalue weighted by Crippen LogP contribution is -2.37. The highest BCUT2D eigenvalue weighted by Gasteiger charge is 2.37. The van der Waals surface area contributed by atoms with Crippen molar-refractivity contribution in [3.63, 3.8) is 0 Å². The molecule has 0 radical (unpaired) electrons. The van der Waals surface area contributed by atoms with Crippen molar-refractivity contribution in [2.75, 3.05) is 32.6 Å². The van der Waals surface area contributed by atoms with Crippen molar-refractivity contribution < 1.29 is 14.3 Å². The molecule has 0 bridgehead atoms. The number of nitrogens with zero attached hydrogens (tertiary/aromatic N) is 5. The van der Waals surface area contributed by atoms with E-state index in [1.165, 1.54) is 6.08 Å². The Kier molecular flexibility index (Phi) is 6.15. The van der Waals surface area contributed by atoms with E-state index >= 15 is 0 Å². The molecule has 0 unspecified atom stereocenters. The molecule has 1 aliphatic rings. The van der Waals surface area contributed by atoms with E-state index in [1.54, 1.807) is 29.9 Å². The lowest BCUT2D eigenvalue weighted by molar-refractivity contribution is -0.127. The summed E-state index contributed by atoms with van der Waals surface area (Å²) in [5.41, 5.74) is 7.44. The van der Waals surface area contributed by atoms with Crippen LogP contribution in [0.4, 0.5) is 5.82 Å². The molecule has 170 valence electrons. The monoisotopic (exact) mass is 447 g/mol. The zero-order valence-corrected chi connectivity index (χ0v) is 18.5. The third kappa shape index (κ3) is 4.18. The number of hydrogen-bond donors (Lipinski definition) is 2. The largest absolute Gasteiger partial charge is 0.383 e. The lowest BCUT2D eigenvalue weighted by Gasteiger charge is -2.22. The summed E-state index contributed by atoms with van der Waals surface area (Å²) >= 11 is 0. The molecule has 10 nitrogen and oxygen atoms in total. The fourth-order valence-corrected chi connectivity index (χ4v) is 4.18. The van der Waals surface area contributed by atoms with Gasteiger partial charge < -0.3 is 25.1 Å². The van der Waals surface area contributed by atoms with Crippen LogP contribution in [0.1, 0.15) is 34.2 Å². The Balaban J connectivity index is 1.72. The maximum absolute atomic E-state index is 12.3. The second kappa shape index (κ2) is 9.18. The minimum atomic E-state index is -0.643. The van der Waals surface area contributed by atoms with Gasteiger partial charge in [-0.25, -0.2) is 9.67 Å². The van der Waals surface area contributed by atoms with Gasteiger partial charge in [0.15, 0.2) is 5.69 Å².